The summed E-state index contributed by atoms with van der Waals surface area (Å²) in [5, 5.41) is 0. The van der Waals surface area contributed by atoms with Crippen LogP contribution in [-0.4, -0.2) is 74.9 Å². The second-order valence-electron chi connectivity index (χ2n) is 28.4. The molecule has 0 aromatic carbocycles. The topological polar surface area (TPSA) is 108 Å². The van der Waals surface area contributed by atoms with Gasteiger partial charge in [0.05, 0.1) is 27.7 Å². The highest BCUT2D eigenvalue weighted by atomic mass is 31.2. The summed E-state index contributed by atoms with van der Waals surface area (Å²) in [5.41, 5.74) is 0. The molecule has 0 saturated carbocycles. The number of nitrogens with zero attached hydrogens (tertiary/aromatic N) is 1. The van der Waals surface area contributed by atoms with Crippen molar-refractivity contribution < 1.29 is 42.1 Å². The third-order valence-electron chi connectivity index (χ3n) is 17.3. The first-order chi connectivity index (χ1) is 51.0. The fourth-order valence-electron chi connectivity index (χ4n) is 11.0. The number of ether oxygens (including phenoxy) is 2. The zero-order valence-corrected chi connectivity index (χ0v) is 68.1. The zero-order chi connectivity index (χ0) is 75.4. The Hall–Kier alpha value is -5.41. The summed E-state index contributed by atoms with van der Waals surface area (Å²) in [5.74, 6) is -0.822. The van der Waals surface area contributed by atoms with Gasteiger partial charge in [0.2, 0.25) is 0 Å². The fourth-order valence-corrected chi connectivity index (χ4v) is 11.8. The lowest BCUT2D eigenvalue weighted by Crippen LogP contribution is -2.37. The summed E-state index contributed by atoms with van der Waals surface area (Å²) in [6.07, 6.45) is 128. The van der Waals surface area contributed by atoms with E-state index in [1.54, 1.807) is 0 Å². The molecule has 0 saturated heterocycles. The number of phosphoric ester groups is 1. The molecule has 588 valence electrons. The molecule has 0 spiro atoms. The van der Waals surface area contributed by atoms with E-state index < -0.39 is 26.5 Å². The zero-order valence-electron chi connectivity index (χ0n) is 67.2. The first kappa shape index (κ1) is 98.6. The molecule has 9 nitrogen and oxygen atoms in total. The van der Waals surface area contributed by atoms with Crippen LogP contribution in [0.1, 0.15) is 322 Å². The van der Waals surface area contributed by atoms with Gasteiger partial charge in [-0.3, -0.25) is 18.6 Å². The number of hydrogen-bond donors (Lipinski definition) is 1. The van der Waals surface area contributed by atoms with E-state index in [1.165, 1.54) is 128 Å². The maximum atomic E-state index is 12.9. The Kier molecular flexibility index (Phi) is 77.4. The molecule has 0 bridgehead atoms. The van der Waals surface area contributed by atoms with Gasteiger partial charge in [-0.2, -0.15) is 0 Å². The molecule has 0 aromatic heterocycles. The van der Waals surface area contributed by atoms with Crippen LogP contribution in [0.3, 0.4) is 0 Å². The lowest BCUT2D eigenvalue weighted by molar-refractivity contribution is -0.870. The predicted octanol–water partition coefficient (Wildman–Crippen LogP) is 28.5. The summed E-state index contributed by atoms with van der Waals surface area (Å²) in [6, 6.07) is 0. The largest absolute Gasteiger partial charge is 0.472 e. The number of unbranched alkanes of at least 4 members (excludes halogenated alkanes) is 27. The van der Waals surface area contributed by atoms with Crippen molar-refractivity contribution in [2.24, 2.45) is 0 Å². The van der Waals surface area contributed by atoms with E-state index in [-0.39, 0.29) is 32.0 Å². The van der Waals surface area contributed by atoms with E-state index in [4.69, 9.17) is 18.5 Å². The Morgan fingerprint density at radius 2 is 0.519 bits per heavy atom. The number of rotatable bonds is 75. The number of allylic oxidation sites excluding steroid dienone is 34. The molecule has 0 radical (unpaired) electrons. The van der Waals surface area contributed by atoms with Gasteiger partial charge in [0.15, 0.2) is 6.10 Å². The Balaban J connectivity index is 4.04. The van der Waals surface area contributed by atoms with Gasteiger partial charge in [0, 0.05) is 12.8 Å². The van der Waals surface area contributed by atoms with Crippen LogP contribution in [0.5, 0.6) is 0 Å². The van der Waals surface area contributed by atoms with Crippen molar-refractivity contribution in [1.29, 1.82) is 0 Å². The lowest BCUT2D eigenvalue weighted by atomic mass is 10.0. The van der Waals surface area contributed by atoms with E-state index in [0.717, 1.165) is 161 Å². The SMILES string of the molecule is CC/C=C\C/C=C\C/C=C\C/C=C\C/C=C\C/C=C\C/C=C\C/C=C\C/C=C\C/C=C\C/C=C\CCCCCCCC(=O)OC(COC(=O)CCCCCCCCCCCCCCCCCCCCCCCC/C=C\C/C=C\C/C=C\C/C=C\C/C=C\C/C=C\CC)COP(=O)(O)OCC[N+](C)(C)C. The lowest BCUT2D eigenvalue weighted by Gasteiger charge is -2.24. The molecule has 0 aliphatic rings. The van der Waals surface area contributed by atoms with Crippen LogP contribution in [0, 0.1) is 0 Å². The molecule has 0 heterocycles. The average molecular weight is 1460 g/mol. The highest BCUT2D eigenvalue weighted by molar-refractivity contribution is 7.47. The maximum absolute atomic E-state index is 12.9. The fraction of sp³-hybridized carbons (Fsp3) is 0.617. The van der Waals surface area contributed by atoms with Gasteiger partial charge >= 0.3 is 19.8 Å². The third-order valence-corrected chi connectivity index (χ3v) is 18.3. The molecule has 0 aliphatic carbocycles. The Morgan fingerprint density at radius 3 is 0.769 bits per heavy atom. The van der Waals surface area contributed by atoms with Crippen molar-refractivity contribution in [1.82, 2.24) is 0 Å². The minimum absolute atomic E-state index is 0.0192. The van der Waals surface area contributed by atoms with Crippen LogP contribution in [0.15, 0.2) is 207 Å². The number of phosphoric acid groups is 1. The quantitative estimate of drug-likeness (QED) is 0.0211. The molecule has 0 amide bonds. The minimum atomic E-state index is -4.42. The normalized spacial score (nSPS) is 14.1. The van der Waals surface area contributed by atoms with Crippen molar-refractivity contribution in [3.8, 4) is 0 Å². The molecule has 0 rings (SSSR count). The first-order valence-corrected chi connectivity index (χ1v) is 43.3. The summed E-state index contributed by atoms with van der Waals surface area (Å²) in [4.78, 5) is 36.0. The Bertz CT molecular complexity index is 2520. The predicted molar refractivity (Wildman–Crippen MR) is 454 cm³/mol. The number of quaternary nitrogens is 1. The van der Waals surface area contributed by atoms with Gasteiger partial charge < -0.3 is 18.9 Å². The van der Waals surface area contributed by atoms with E-state index in [9.17, 15) is 19.0 Å². The second kappa shape index (κ2) is 81.7. The van der Waals surface area contributed by atoms with Crippen molar-refractivity contribution in [2.75, 3.05) is 47.5 Å². The molecular formula is C94H155NO8P+. The van der Waals surface area contributed by atoms with Crippen LogP contribution in [0.4, 0.5) is 0 Å². The van der Waals surface area contributed by atoms with Gasteiger partial charge in [0.1, 0.15) is 19.8 Å². The summed E-state index contributed by atoms with van der Waals surface area (Å²) in [7, 11) is 1.45. The third kappa shape index (κ3) is 85.5. The summed E-state index contributed by atoms with van der Waals surface area (Å²) in [6.45, 7) is 4.18. The van der Waals surface area contributed by atoms with Gasteiger partial charge in [-0.1, -0.05) is 368 Å². The molecular weight excluding hydrogens is 1300 g/mol. The van der Waals surface area contributed by atoms with E-state index in [1.807, 2.05) is 21.1 Å². The molecule has 104 heavy (non-hydrogen) atoms. The van der Waals surface area contributed by atoms with Crippen LogP contribution >= 0.6 is 7.82 Å². The molecule has 0 aliphatic heterocycles. The van der Waals surface area contributed by atoms with Crippen molar-refractivity contribution in [2.45, 2.75) is 328 Å². The second-order valence-corrected chi connectivity index (χ2v) is 29.8. The Morgan fingerprint density at radius 1 is 0.298 bits per heavy atom. The molecule has 0 fully saturated rings. The van der Waals surface area contributed by atoms with Crippen LogP contribution in [0.25, 0.3) is 0 Å². The number of carbonyl (C=O) groups excluding carboxylic acids is 2. The molecule has 2 atom stereocenters. The van der Waals surface area contributed by atoms with Gasteiger partial charge in [0.25, 0.3) is 0 Å². The van der Waals surface area contributed by atoms with Crippen molar-refractivity contribution in [3.63, 3.8) is 0 Å². The van der Waals surface area contributed by atoms with E-state index in [0.29, 0.717) is 17.4 Å². The van der Waals surface area contributed by atoms with Gasteiger partial charge in [-0.25, -0.2) is 4.57 Å². The number of carbonyl (C=O) groups is 2. The maximum Gasteiger partial charge on any atom is 0.472 e. The monoisotopic (exact) mass is 1460 g/mol. The summed E-state index contributed by atoms with van der Waals surface area (Å²) >= 11 is 0. The highest BCUT2D eigenvalue weighted by Crippen LogP contribution is 2.43. The Labute approximate surface area is 640 Å². The van der Waals surface area contributed by atoms with E-state index in [2.05, 4.69) is 220 Å². The highest BCUT2D eigenvalue weighted by Gasteiger charge is 2.27. The molecule has 1 N–H and O–H groups in total. The van der Waals surface area contributed by atoms with Crippen molar-refractivity contribution in [3.05, 3.63) is 207 Å². The standard InChI is InChI=1S/C94H154NO8P/c1-6-8-10-12-14-16-18-20-22-24-26-28-30-32-34-36-38-40-42-44-46-47-49-50-52-54-56-58-60-62-64-66-68-70-72-74-76-78-80-82-84-86-93(96)100-90-92(91-102-104(98,99)101-89-88-95(3,4)5)103-94(97)87-85-83-81-79-77-75-73-71-69-67-65-63-61-59-57-55-53-51-48-45-43-41-39-37-35-33-31-29-27-25-23-21-19-17-15-13-11-9-7-2/h8-11,14-17,20-23,26-29,32-35,38-41,45,48,53,55,59,61,65,67,71,73,92H,6-7,12-13,18-19,24-25,30-31,36-37,42-44,46-47,49-52,54,56-58,60,62-64,66,68-70,72,74-91H2,1-5H3/p+1/b10-8-,11-9-,16-14-,17-15-,22-20-,23-21-,28-26-,29-27-,34-32-,35-33-,40-38-,41-39-,48-45-,55-53-,61-59-,67-65-,73-71-. The van der Waals surface area contributed by atoms with Gasteiger partial charge in [-0.05, 0) is 148 Å². The number of esters is 2. The molecule has 0 aromatic rings. The van der Waals surface area contributed by atoms with Crippen LogP contribution in [0.2, 0.25) is 0 Å². The summed E-state index contributed by atoms with van der Waals surface area (Å²) < 4.78 is 34.8. The van der Waals surface area contributed by atoms with Crippen LogP contribution in [-0.2, 0) is 32.7 Å². The van der Waals surface area contributed by atoms with Crippen molar-refractivity contribution >= 4 is 19.8 Å². The van der Waals surface area contributed by atoms with E-state index >= 15 is 0 Å². The van der Waals surface area contributed by atoms with Crippen LogP contribution < -0.4 is 0 Å². The first-order valence-electron chi connectivity index (χ1n) is 41.8. The average Bonchev–Trinajstić information content (AvgIpc) is 0.915. The minimum Gasteiger partial charge on any atom is -0.462 e. The number of likely N-dealkylation sites (N-methyl/N-ethyl adjacent to an activating group) is 1. The molecule has 2 unspecified atom stereocenters. The number of hydrogen-bond acceptors (Lipinski definition) is 7. The smallest absolute Gasteiger partial charge is 0.462 e. The molecule has 10 heteroatoms. The van der Waals surface area contributed by atoms with Gasteiger partial charge in [-0.15, -0.1) is 0 Å².